The van der Waals surface area contributed by atoms with Crippen molar-refractivity contribution in [2.24, 2.45) is 0 Å². The number of rotatable bonds is 8. The van der Waals surface area contributed by atoms with E-state index in [2.05, 4.69) is 10.4 Å². The van der Waals surface area contributed by atoms with Gasteiger partial charge in [-0.05, 0) is 45.0 Å². The van der Waals surface area contributed by atoms with Crippen molar-refractivity contribution in [1.82, 2.24) is 20.0 Å². The Balaban J connectivity index is 1.64. The summed E-state index contributed by atoms with van der Waals surface area (Å²) in [6.07, 6.45) is 0. The Kier molecular flexibility index (Phi) is 7.07. The van der Waals surface area contributed by atoms with Crippen LogP contribution in [0.2, 0.25) is 0 Å². The van der Waals surface area contributed by atoms with Gasteiger partial charge >= 0.3 is 0 Å². The van der Waals surface area contributed by atoms with E-state index < -0.39 is 0 Å². The van der Waals surface area contributed by atoms with Gasteiger partial charge < -0.3 is 15.0 Å². The number of hydrogen-bond donors (Lipinski definition) is 1. The maximum absolute atomic E-state index is 12.6. The van der Waals surface area contributed by atoms with E-state index in [9.17, 15) is 9.59 Å². The predicted molar refractivity (Wildman–Crippen MR) is 119 cm³/mol. The van der Waals surface area contributed by atoms with Crippen LogP contribution in [0.4, 0.5) is 0 Å². The molecule has 0 radical (unpaired) electrons. The molecule has 162 valence electrons. The van der Waals surface area contributed by atoms with Crippen molar-refractivity contribution in [2.45, 2.75) is 27.3 Å². The Hall–Kier alpha value is -3.61. The fraction of sp³-hybridized carbons (Fsp3) is 0.292. The van der Waals surface area contributed by atoms with Crippen molar-refractivity contribution in [3.63, 3.8) is 0 Å². The van der Waals surface area contributed by atoms with Gasteiger partial charge in [0.15, 0.2) is 0 Å². The van der Waals surface area contributed by atoms with Crippen molar-refractivity contribution in [2.75, 3.05) is 20.2 Å². The van der Waals surface area contributed by atoms with Crippen LogP contribution in [0, 0.1) is 13.8 Å². The van der Waals surface area contributed by atoms with E-state index in [0.717, 1.165) is 22.6 Å². The second kappa shape index (κ2) is 9.93. The van der Waals surface area contributed by atoms with Crippen LogP contribution in [-0.2, 0) is 11.3 Å². The standard InChI is InChI=1S/C24H28N4O3/c1-5-31-22-14-10-9-13-20(22)24(30)25-15-23(29)27(4)16-21-17(2)26-28(18(21)3)19-11-7-6-8-12-19/h6-14H,5,15-16H2,1-4H3,(H,25,30). The number of nitrogens with zero attached hydrogens (tertiary/aromatic N) is 3. The number of aromatic nitrogens is 2. The van der Waals surface area contributed by atoms with Gasteiger partial charge in [-0.1, -0.05) is 30.3 Å². The van der Waals surface area contributed by atoms with Crippen LogP contribution in [0.25, 0.3) is 5.69 Å². The Labute approximate surface area is 182 Å². The molecule has 0 saturated heterocycles. The SMILES string of the molecule is CCOc1ccccc1C(=O)NCC(=O)N(C)Cc1c(C)nn(-c2ccccc2)c1C. The molecule has 1 heterocycles. The Morgan fingerprint density at radius 2 is 1.74 bits per heavy atom. The average molecular weight is 421 g/mol. The molecule has 2 aromatic carbocycles. The van der Waals surface area contributed by atoms with Gasteiger partial charge in [-0.15, -0.1) is 0 Å². The Morgan fingerprint density at radius 3 is 2.45 bits per heavy atom. The van der Waals surface area contributed by atoms with Crippen LogP contribution in [0.1, 0.15) is 34.2 Å². The van der Waals surface area contributed by atoms with Crippen LogP contribution in [-0.4, -0.2) is 46.7 Å². The highest BCUT2D eigenvalue weighted by atomic mass is 16.5. The van der Waals surface area contributed by atoms with Crippen molar-refractivity contribution >= 4 is 11.8 Å². The zero-order valence-corrected chi connectivity index (χ0v) is 18.4. The summed E-state index contributed by atoms with van der Waals surface area (Å²) in [5.74, 6) is -0.0218. The minimum atomic E-state index is -0.338. The highest BCUT2D eigenvalue weighted by Crippen LogP contribution is 2.20. The number of likely N-dealkylation sites (N-methyl/N-ethyl adjacent to an activating group) is 1. The zero-order valence-electron chi connectivity index (χ0n) is 18.4. The normalized spacial score (nSPS) is 10.6. The van der Waals surface area contributed by atoms with E-state index in [1.54, 1.807) is 36.2 Å². The van der Waals surface area contributed by atoms with Gasteiger partial charge in [0.2, 0.25) is 5.91 Å². The zero-order chi connectivity index (χ0) is 22.4. The number of hydrogen-bond acceptors (Lipinski definition) is 4. The predicted octanol–water partition coefficient (Wildman–Crippen LogP) is 3.28. The quantitative estimate of drug-likeness (QED) is 0.607. The molecule has 0 atom stereocenters. The van der Waals surface area contributed by atoms with Crippen molar-refractivity contribution in [3.05, 3.63) is 77.1 Å². The minimum absolute atomic E-state index is 0.0965. The lowest BCUT2D eigenvalue weighted by Gasteiger charge is -2.18. The molecule has 3 rings (SSSR count). The molecule has 3 aromatic rings. The average Bonchev–Trinajstić information content (AvgIpc) is 3.06. The molecule has 1 N–H and O–H groups in total. The first-order chi connectivity index (χ1) is 14.9. The number of carbonyl (C=O) groups is 2. The van der Waals surface area contributed by atoms with E-state index >= 15 is 0 Å². The fourth-order valence-corrected chi connectivity index (χ4v) is 3.37. The molecular formula is C24H28N4O3. The van der Waals surface area contributed by atoms with Gasteiger partial charge in [0.05, 0.1) is 30.1 Å². The third-order valence-electron chi connectivity index (χ3n) is 5.09. The highest BCUT2D eigenvalue weighted by Gasteiger charge is 2.19. The molecule has 0 bridgehead atoms. The van der Waals surface area contributed by atoms with Gasteiger partial charge in [-0.3, -0.25) is 9.59 Å². The van der Waals surface area contributed by atoms with Crippen LogP contribution >= 0.6 is 0 Å². The van der Waals surface area contributed by atoms with Crippen LogP contribution in [0.3, 0.4) is 0 Å². The number of aryl methyl sites for hydroxylation is 1. The summed E-state index contributed by atoms with van der Waals surface area (Å²) < 4.78 is 7.38. The highest BCUT2D eigenvalue weighted by molar-refractivity contribution is 5.98. The summed E-state index contributed by atoms with van der Waals surface area (Å²) in [5, 5.41) is 7.32. The number of nitrogens with one attached hydrogen (secondary N) is 1. The summed E-state index contributed by atoms with van der Waals surface area (Å²) in [7, 11) is 1.72. The smallest absolute Gasteiger partial charge is 0.255 e. The Bertz CT molecular complexity index is 1060. The second-order valence-electron chi connectivity index (χ2n) is 7.26. The lowest BCUT2D eigenvalue weighted by atomic mass is 10.1. The third-order valence-corrected chi connectivity index (χ3v) is 5.09. The molecule has 0 spiro atoms. The number of ether oxygens (including phenoxy) is 1. The molecular weight excluding hydrogens is 392 g/mol. The first-order valence-corrected chi connectivity index (χ1v) is 10.3. The van der Waals surface area contributed by atoms with Crippen molar-refractivity contribution < 1.29 is 14.3 Å². The summed E-state index contributed by atoms with van der Waals surface area (Å²) >= 11 is 0. The maximum Gasteiger partial charge on any atom is 0.255 e. The molecule has 2 amide bonds. The number of benzene rings is 2. The first kappa shape index (κ1) is 22.1. The molecule has 0 unspecified atom stereocenters. The molecule has 0 saturated carbocycles. The van der Waals surface area contributed by atoms with Gasteiger partial charge in [0, 0.05) is 24.8 Å². The molecule has 0 fully saturated rings. The summed E-state index contributed by atoms with van der Waals surface area (Å²) in [4.78, 5) is 26.8. The van der Waals surface area contributed by atoms with Crippen LogP contribution in [0.15, 0.2) is 54.6 Å². The first-order valence-electron chi connectivity index (χ1n) is 10.3. The van der Waals surface area contributed by atoms with Crippen LogP contribution < -0.4 is 10.1 Å². The summed E-state index contributed by atoms with van der Waals surface area (Å²) in [6.45, 7) is 6.56. The van der Waals surface area contributed by atoms with E-state index in [-0.39, 0.29) is 18.4 Å². The topological polar surface area (TPSA) is 76.5 Å². The number of para-hydroxylation sites is 2. The van der Waals surface area contributed by atoms with Crippen molar-refractivity contribution in [1.29, 1.82) is 0 Å². The monoisotopic (exact) mass is 420 g/mol. The van der Waals surface area contributed by atoms with Crippen molar-refractivity contribution in [3.8, 4) is 11.4 Å². The van der Waals surface area contributed by atoms with Gasteiger partial charge in [-0.25, -0.2) is 4.68 Å². The Morgan fingerprint density at radius 1 is 1.06 bits per heavy atom. The molecule has 0 aliphatic rings. The molecule has 0 aliphatic carbocycles. The lowest BCUT2D eigenvalue weighted by molar-refractivity contribution is -0.129. The lowest BCUT2D eigenvalue weighted by Crippen LogP contribution is -2.38. The van der Waals surface area contributed by atoms with E-state index in [0.29, 0.717) is 24.5 Å². The largest absolute Gasteiger partial charge is 0.493 e. The maximum atomic E-state index is 12.6. The van der Waals surface area contributed by atoms with E-state index in [4.69, 9.17) is 4.74 Å². The molecule has 7 heteroatoms. The molecule has 7 nitrogen and oxygen atoms in total. The fourth-order valence-electron chi connectivity index (χ4n) is 3.37. The summed E-state index contributed by atoms with van der Waals surface area (Å²) in [5.41, 5.74) is 4.24. The second-order valence-corrected chi connectivity index (χ2v) is 7.26. The third kappa shape index (κ3) is 5.12. The van der Waals surface area contributed by atoms with Gasteiger partial charge in [0.1, 0.15) is 5.75 Å². The van der Waals surface area contributed by atoms with Gasteiger partial charge in [-0.2, -0.15) is 5.10 Å². The minimum Gasteiger partial charge on any atom is -0.493 e. The molecule has 31 heavy (non-hydrogen) atoms. The number of carbonyl (C=O) groups excluding carboxylic acids is 2. The number of amides is 2. The van der Waals surface area contributed by atoms with E-state index in [1.165, 1.54) is 0 Å². The van der Waals surface area contributed by atoms with E-state index in [1.807, 2.05) is 55.8 Å². The summed E-state index contributed by atoms with van der Waals surface area (Å²) in [6, 6.07) is 16.9. The molecule has 0 aliphatic heterocycles. The molecule has 1 aromatic heterocycles. The van der Waals surface area contributed by atoms with Gasteiger partial charge in [0.25, 0.3) is 5.91 Å². The van der Waals surface area contributed by atoms with Crippen LogP contribution in [0.5, 0.6) is 5.75 Å².